The van der Waals surface area contributed by atoms with E-state index in [-0.39, 0.29) is 11.8 Å². The lowest BCUT2D eigenvalue weighted by molar-refractivity contribution is -0.120. The molecule has 1 aliphatic rings. The average molecular weight is 363 g/mol. The molecule has 92 valence electrons. The summed E-state index contributed by atoms with van der Waals surface area (Å²) in [5.74, 6) is 1.09. The van der Waals surface area contributed by atoms with Crippen molar-refractivity contribution in [2.75, 3.05) is 5.32 Å². The summed E-state index contributed by atoms with van der Waals surface area (Å²) in [4.78, 5) is 20.3. The van der Waals surface area contributed by atoms with Gasteiger partial charge in [0.1, 0.15) is 9.21 Å². The van der Waals surface area contributed by atoms with Gasteiger partial charge in [-0.3, -0.25) is 4.79 Å². The molecule has 1 fully saturated rings. The van der Waals surface area contributed by atoms with Gasteiger partial charge in [0.15, 0.2) is 5.82 Å². The molecule has 0 aliphatic heterocycles. The minimum absolute atomic E-state index is 0.0484. The van der Waals surface area contributed by atoms with Crippen LogP contribution in [-0.2, 0) is 4.79 Å². The van der Waals surface area contributed by atoms with Crippen molar-refractivity contribution in [3.05, 3.63) is 15.4 Å². The zero-order valence-electron chi connectivity index (χ0n) is 9.41. The number of rotatable bonds is 2. The first-order chi connectivity index (χ1) is 8.08. The van der Waals surface area contributed by atoms with E-state index in [1.165, 1.54) is 0 Å². The van der Waals surface area contributed by atoms with Gasteiger partial charge in [0.25, 0.3) is 0 Å². The Labute approximate surface area is 117 Å². The molecule has 2 unspecified atom stereocenters. The lowest BCUT2D eigenvalue weighted by atomic mass is 9.97. The molecule has 1 N–H and O–H groups in total. The smallest absolute Gasteiger partial charge is 0.228 e. The van der Waals surface area contributed by atoms with Gasteiger partial charge in [-0.1, -0.05) is 13.3 Å². The second-order valence-electron chi connectivity index (χ2n) is 4.34. The van der Waals surface area contributed by atoms with Crippen LogP contribution in [0.5, 0.6) is 0 Å². The van der Waals surface area contributed by atoms with Crippen LogP contribution in [0.3, 0.4) is 0 Å². The highest BCUT2D eigenvalue weighted by Gasteiger charge is 2.30. The molecule has 0 bridgehead atoms. The zero-order valence-corrected chi connectivity index (χ0v) is 12.6. The van der Waals surface area contributed by atoms with E-state index in [4.69, 9.17) is 0 Å². The van der Waals surface area contributed by atoms with Crippen molar-refractivity contribution in [3.8, 4) is 0 Å². The highest BCUT2D eigenvalue weighted by molar-refractivity contribution is 9.11. The molecule has 6 heteroatoms. The Bertz CT molecular complexity index is 439. The summed E-state index contributed by atoms with van der Waals surface area (Å²) in [6.07, 6.45) is 4.80. The fourth-order valence-electron chi connectivity index (χ4n) is 2.17. The molecule has 1 aromatic heterocycles. The number of halogens is 2. The Morgan fingerprint density at radius 2 is 2.24 bits per heavy atom. The number of hydrogen-bond acceptors (Lipinski definition) is 3. The number of nitrogens with zero attached hydrogens (tertiary/aromatic N) is 2. The first kappa shape index (κ1) is 13.0. The normalized spacial score (nSPS) is 23.7. The molecule has 0 aromatic carbocycles. The number of hydrogen-bond donors (Lipinski definition) is 1. The van der Waals surface area contributed by atoms with Gasteiger partial charge in [-0.25, -0.2) is 9.97 Å². The van der Waals surface area contributed by atoms with Crippen LogP contribution in [0.4, 0.5) is 5.82 Å². The lowest BCUT2D eigenvalue weighted by Gasteiger charge is -2.14. The summed E-state index contributed by atoms with van der Waals surface area (Å²) in [5.41, 5.74) is 0. The summed E-state index contributed by atoms with van der Waals surface area (Å²) in [6.45, 7) is 2.12. The number of carbonyl (C=O) groups is 1. The standard InChI is InChI=1S/C11H13Br2N3O/c1-6-3-2-4-7(6)11(17)16-10-9(13)15-8(12)5-14-10/h5-7H,2-4H2,1H3,(H,14,16,17). The summed E-state index contributed by atoms with van der Waals surface area (Å²) in [5, 5.41) is 2.83. The van der Waals surface area contributed by atoms with Crippen molar-refractivity contribution in [3.63, 3.8) is 0 Å². The van der Waals surface area contributed by atoms with Crippen LogP contribution in [0.2, 0.25) is 0 Å². The van der Waals surface area contributed by atoms with Gasteiger partial charge in [-0.05, 0) is 50.6 Å². The minimum Gasteiger partial charge on any atom is -0.308 e. The van der Waals surface area contributed by atoms with E-state index in [1.54, 1.807) is 6.20 Å². The van der Waals surface area contributed by atoms with E-state index in [0.29, 0.717) is 20.9 Å². The van der Waals surface area contributed by atoms with Crippen molar-refractivity contribution < 1.29 is 4.79 Å². The SMILES string of the molecule is CC1CCCC1C(=O)Nc1ncc(Br)nc1Br. The molecule has 0 radical (unpaired) electrons. The van der Waals surface area contributed by atoms with Gasteiger partial charge >= 0.3 is 0 Å². The maximum absolute atomic E-state index is 12.1. The van der Waals surface area contributed by atoms with Gasteiger partial charge in [0, 0.05) is 5.92 Å². The predicted molar refractivity (Wildman–Crippen MR) is 72.6 cm³/mol. The third-order valence-electron chi connectivity index (χ3n) is 3.14. The van der Waals surface area contributed by atoms with Crippen molar-refractivity contribution in [2.24, 2.45) is 11.8 Å². The molecule has 2 atom stereocenters. The molecular weight excluding hydrogens is 350 g/mol. The molecule has 2 rings (SSSR count). The van der Waals surface area contributed by atoms with Crippen molar-refractivity contribution >= 4 is 43.6 Å². The molecule has 1 heterocycles. The predicted octanol–water partition coefficient (Wildman–Crippen LogP) is 3.38. The van der Waals surface area contributed by atoms with Crippen LogP contribution in [0, 0.1) is 11.8 Å². The molecule has 0 saturated heterocycles. The van der Waals surface area contributed by atoms with Crippen molar-refractivity contribution in [1.82, 2.24) is 9.97 Å². The fraction of sp³-hybridized carbons (Fsp3) is 0.545. The first-order valence-electron chi connectivity index (χ1n) is 5.57. The van der Waals surface area contributed by atoms with E-state index in [9.17, 15) is 4.79 Å². The first-order valence-corrected chi connectivity index (χ1v) is 7.15. The Morgan fingerprint density at radius 3 is 2.82 bits per heavy atom. The lowest BCUT2D eigenvalue weighted by Crippen LogP contribution is -2.25. The maximum Gasteiger partial charge on any atom is 0.228 e. The van der Waals surface area contributed by atoms with E-state index in [0.717, 1.165) is 19.3 Å². The third-order valence-corrected chi connectivity index (χ3v) is 4.08. The Morgan fingerprint density at radius 1 is 1.47 bits per heavy atom. The fourth-order valence-corrected chi connectivity index (χ4v) is 3.09. The summed E-state index contributed by atoms with van der Waals surface area (Å²) < 4.78 is 1.18. The molecule has 1 saturated carbocycles. The second kappa shape index (κ2) is 5.44. The molecule has 4 nitrogen and oxygen atoms in total. The Balaban J connectivity index is 2.07. The molecule has 0 spiro atoms. The summed E-state index contributed by atoms with van der Waals surface area (Å²) in [6, 6.07) is 0. The average Bonchev–Trinajstić information content (AvgIpc) is 2.68. The van der Waals surface area contributed by atoms with Crippen LogP contribution in [0.15, 0.2) is 15.4 Å². The zero-order chi connectivity index (χ0) is 12.4. The Kier molecular flexibility index (Phi) is 4.14. The molecule has 1 amide bonds. The summed E-state index contributed by atoms with van der Waals surface area (Å²) >= 11 is 6.50. The Hall–Kier alpha value is -0.490. The van der Waals surface area contributed by atoms with Gasteiger partial charge in [-0.2, -0.15) is 0 Å². The van der Waals surface area contributed by atoms with Crippen LogP contribution >= 0.6 is 31.9 Å². The highest BCUT2D eigenvalue weighted by atomic mass is 79.9. The topological polar surface area (TPSA) is 54.9 Å². The van der Waals surface area contributed by atoms with Gasteiger partial charge in [0.2, 0.25) is 5.91 Å². The van der Waals surface area contributed by atoms with Crippen molar-refractivity contribution in [1.29, 1.82) is 0 Å². The number of carbonyl (C=O) groups excluding carboxylic acids is 1. The quantitative estimate of drug-likeness (QED) is 0.877. The number of anilines is 1. The van der Waals surface area contributed by atoms with Crippen molar-refractivity contribution in [2.45, 2.75) is 26.2 Å². The van der Waals surface area contributed by atoms with E-state index < -0.39 is 0 Å². The van der Waals surface area contributed by atoms with E-state index in [2.05, 4.69) is 54.1 Å². The van der Waals surface area contributed by atoms with Crippen LogP contribution in [0.25, 0.3) is 0 Å². The highest BCUT2D eigenvalue weighted by Crippen LogP contribution is 2.32. The molecule has 17 heavy (non-hydrogen) atoms. The van der Waals surface area contributed by atoms with Gasteiger partial charge < -0.3 is 5.32 Å². The van der Waals surface area contributed by atoms with Crippen LogP contribution < -0.4 is 5.32 Å². The number of nitrogens with one attached hydrogen (secondary N) is 1. The minimum atomic E-state index is 0.0484. The number of aromatic nitrogens is 2. The van der Waals surface area contributed by atoms with Gasteiger partial charge in [0.05, 0.1) is 6.20 Å². The monoisotopic (exact) mass is 361 g/mol. The molecule has 1 aromatic rings. The van der Waals surface area contributed by atoms with E-state index >= 15 is 0 Å². The van der Waals surface area contributed by atoms with Crippen LogP contribution in [0.1, 0.15) is 26.2 Å². The maximum atomic E-state index is 12.1. The van der Waals surface area contributed by atoms with Gasteiger partial charge in [-0.15, -0.1) is 0 Å². The van der Waals surface area contributed by atoms with E-state index in [1.807, 2.05) is 0 Å². The third kappa shape index (κ3) is 3.04. The molecular formula is C11H13Br2N3O. The number of amides is 1. The second-order valence-corrected chi connectivity index (χ2v) is 5.90. The molecule has 1 aliphatic carbocycles. The summed E-state index contributed by atoms with van der Waals surface area (Å²) in [7, 11) is 0. The van der Waals surface area contributed by atoms with Crippen LogP contribution in [-0.4, -0.2) is 15.9 Å². The largest absolute Gasteiger partial charge is 0.308 e.